The van der Waals surface area contributed by atoms with Crippen molar-refractivity contribution in [1.82, 2.24) is 8.75 Å². The highest BCUT2D eigenvalue weighted by molar-refractivity contribution is 7.80. The number of nitrogens with zero attached hydrogens (tertiary/aromatic N) is 2. The Balaban J connectivity index is 1.80. The fraction of sp³-hybridized carbons (Fsp3) is 0.0667. The summed E-state index contributed by atoms with van der Waals surface area (Å²) in [4.78, 5) is 3.48. The van der Waals surface area contributed by atoms with Crippen molar-refractivity contribution in [3.63, 3.8) is 0 Å². The summed E-state index contributed by atoms with van der Waals surface area (Å²) in [5.41, 5.74) is 2.95. The maximum Gasteiger partial charge on any atom is 0.143 e. The van der Waals surface area contributed by atoms with Crippen LogP contribution < -0.4 is 10.6 Å². The molecule has 1 unspecified atom stereocenters. The number of thiophene rings is 2. The van der Waals surface area contributed by atoms with Gasteiger partial charge in [-0.05, 0) is 30.2 Å². The average molecular weight is 360 g/mol. The molecule has 0 spiro atoms. The molecule has 0 radical (unpaired) electrons. The molecule has 0 bridgehead atoms. The summed E-state index contributed by atoms with van der Waals surface area (Å²) in [6, 6.07) is 10.2. The van der Waals surface area contributed by atoms with Crippen LogP contribution in [0.5, 0.6) is 0 Å². The first kappa shape index (κ1) is 13.1. The molecule has 3 nitrogen and oxygen atoms in total. The number of rotatable bonds is 1. The lowest BCUT2D eigenvalue weighted by Crippen LogP contribution is -2.05. The van der Waals surface area contributed by atoms with E-state index in [9.17, 15) is 4.57 Å². The lowest BCUT2D eigenvalue weighted by molar-refractivity contribution is 0.591. The van der Waals surface area contributed by atoms with Crippen molar-refractivity contribution in [2.45, 2.75) is 0 Å². The molecule has 0 amide bonds. The minimum absolute atomic E-state index is 0.924. The Morgan fingerprint density at radius 3 is 2.91 bits per heavy atom. The Labute approximate surface area is 139 Å². The van der Waals surface area contributed by atoms with Gasteiger partial charge in [-0.1, -0.05) is 12.1 Å². The molecule has 1 aliphatic heterocycles. The summed E-state index contributed by atoms with van der Waals surface area (Å²) in [6.45, 7) is 1.88. The second kappa shape index (κ2) is 4.36. The Hall–Kier alpha value is -1.33. The van der Waals surface area contributed by atoms with E-state index in [0.29, 0.717) is 0 Å². The first-order valence-electron chi connectivity index (χ1n) is 6.68. The molecule has 0 saturated heterocycles. The summed E-state index contributed by atoms with van der Waals surface area (Å²) < 4.78 is 21.9. The number of fused-ring (bicyclic) bond motifs is 4. The van der Waals surface area contributed by atoms with Gasteiger partial charge in [0, 0.05) is 21.0 Å². The van der Waals surface area contributed by atoms with Crippen molar-refractivity contribution in [2.24, 2.45) is 0 Å². The summed E-state index contributed by atoms with van der Waals surface area (Å²) >= 11 is 4.64. The SMILES string of the molecule is CP1(=O)c2ccsc2-c2sc(-c3cccc4nsnc34)cc21. The van der Waals surface area contributed by atoms with E-state index in [1.54, 1.807) is 22.7 Å². The largest absolute Gasteiger partial charge is 0.314 e. The van der Waals surface area contributed by atoms with Crippen molar-refractivity contribution in [1.29, 1.82) is 0 Å². The highest BCUT2D eigenvalue weighted by Gasteiger charge is 2.38. The molecule has 4 heterocycles. The van der Waals surface area contributed by atoms with Crippen LogP contribution in [0.1, 0.15) is 0 Å². The highest BCUT2D eigenvalue weighted by atomic mass is 32.1. The first-order valence-corrected chi connectivity index (χ1v) is 11.3. The molecule has 1 aliphatic rings. The molecule has 0 fully saturated rings. The molecular formula is C15H9N2OPS3. The lowest BCUT2D eigenvalue weighted by Gasteiger charge is -2.04. The van der Waals surface area contributed by atoms with Gasteiger partial charge in [0.2, 0.25) is 0 Å². The third kappa shape index (κ3) is 1.58. The second-order valence-electron chi connectivity index (χ2n) is 5.32. The van der Waals surface area contributed by atoms with E-state index in [4.69, 9.17) is 0 Å². The molecule has 108 valence electrons. The van der Waals surface area contributed by atoms with Crippen LogP contribution in [0.4, 0.5) is 0 Å². The Bertz CT molecular complexity index is 1090. The molecule has 1 aromatic carbocycles. The van der Waals surface area contributed by atoms with Gasteiger partial charge in [0.05, 0.1) is 21.5 Å². The van der Waals surface area contributed by atoms with Crippen molar-refractivity contribution in [2.75, 3.05) is 6.66 Å². The highest BCUT2D eigenvalue weighted by Crippen LogP contribution is 2.55. The Morgan fingerprint density at radius 1 is 1.09 bits per heavy atom. The fourth-order valence-electron chi connectivity index (χ4n) is 2.94. The molecule has 4 aromatic rings. The quantitative estimate of drug-likeness (QED) is 0.472. The van der Waals surface area contributed by atoms with Gasteiger partial charge in [0.25, 0.3) is 0 Å². The van der Waals surface area contributed by atoms with Crippen molar-refractivity contribution in [3.05, 3.63) is 35.7 Å². The van der Waals surface area contributed by atoms with Crippen LogP contribution >= 0.6 is 41.5 Å². The Morgan fingerprint density at radius 2 is 2.00 bits per heavy atom. The minimum Gasteiger partial charge on any atom is -0.314 e. The van der Waals surface area contributed by atoms with Crippen LogP contribution in [0.25, 0.3) is 31.2 Å². The maximum absolute atomic E-state index is 13.2. The molecule has 22 heavy (non-hydrogen) atoms. The monoisotopic (exact) mass is 360 g/mol. The van der Waals surface area contributed by atoms with Gasteiger partial charge >= 0.3 is 0 Å². The first-order chi connectivity index (χ1) is 10.7. The van der Waals surface area contributed by atoms with E-state index in [1.165, 1.54) is 21.5 Å². The number of benzene rings is 1. The van der Waals surface area contributed by atoms with Gasteiger partial charge in [-0.15, -0.1) is 22.7 Å². The van der Waals surface area contributed by atoms with E-state index in [2.05, 4.69) is 20.9 Å². The van der Waals surface area contributed by atoms with Crippen molar-refractivity contribution in [3.8, 4) is 20.2 Å². The zero-order valence-electron chi connectivity index (χ0n) is 11.4. The smallest absolute Gasteiger partial charge is 0.143 e. The number of hydrogen-bond acceptors (Lipinski definition) is 6. The minimum atomic E-state index is -2.43. The van der Waals surface area contributed by atoms with Gasteiger partial charge in [-0.2, -0.15) is 8.75 Å². The third-order valence-corrected chi connectivity index (χ3v) is 9.69. The van der Waals surface area contributed by atoms with Gasteiger partial charge in [-0.25, -0.2) is 0 Å². The van der Waals surface area contributed by atoms with Gasteiger partial charge in [0.15, 0.2) is 0 Å². The summed E-state index contributed by atoms with van der Waals surface area (Å²) in [7, 11) is -2.43. The van der Waals surface area contributed by atoms with Crippen molar-refractivity contribution >= 4 is 63.2 Å². The van der Waals surface area contributed by atoms with E-state index in [0.717, 1.165) is 32.1 Å². The standard InChI is InChI=1S/C15H9N2OPS3/c1-19(18)10-5-6-20-14(10)15-11(19)7-12(21-15)8-3-2-4-9-13(8)17-22-16-9/h2-7H,1H3. The topological polar surface area (TPSA) is 42.9 Å². The zero-order valence-corrected chi connectivity index (χ0v) is 14.8. The predicted octanol–water partition coefficient (Wildman–Crippen LogP) is 4.41. The molecule has 5 rings (SSSR count). The maximum atomic E-state index is 13.2. The van der Waals surface area contributed by atoms with E-state index < -0.39 is 7.14 Å². The summed E-state index contributed by atoms with van der Waals surface area (Å²) in [6.07, 6.45) is 0. The summed E-state index contributed by atoms with van der Waals surface area (Å²) in [5.74, 6) is 0. The van der Waals surface area contributed by atoms with Crippen LogP contribution in [0, 0.1) is 0 Å². The molecule has 1 atom stereocenters. The van der Waals surface area contributed by atoms with Crippen LogP contribution in [0.15, 0.2) is 35.7 Å². The van der Waals surface area contributed by atoms with Crippen molar-refractivity contribution < 1.29 is 4.57 Å². The van der Waals surface area contributed by atoms with E-state index >= 15 is 0 Å². The predicted molar refractivity (Wildman–Crippen MR) is 96.8 cm³/mol. The average Bonchev–Trinajstić information content (AvgIpc) is 3.24. The van der Waals surface area contributed by atoms with Gasteiger partial charge in [-0.3, -0.25) is 0 Å². The summed E-state index contributed by atoms with van der Waals surface area (Å²) in [5, 5.41) is 4.07. The molecule has 0 saturated carbocycles. The van der Waals surface area contributed by atoms with Gasteiger partial charge in [0.1, 0.15) is 18.2 Å². The van der Waals surface area contributed by atoms with E-state index in [1.807, 2.05) is 30.2 Å². The fourth-order valence-corrected chi connectivity index (χ4v) is 9.21. The molecule has 0 N–H and O–H groups in total. The molecule has 7 heteroatoms. The third-order valence-electron chi connectivity index (χ3n) is 4.03. The molecule has 3 aromatic heterocycles. The zero-order chi connectivity index (χ0) is 14.9. The van der Waals surface area contributed by atoms with Crippen LogP contribution in [-0.2, 0) is 4.57 Å². The molecular weight excluding hydrogens is 351 g/mol. The lowest BCUT2D eigenvalue weighted by atomic mass is 10.1. The van der Waals surface area contributed by atoms with Crippen LogP contribution in [0.3, 0.4) is 0 Å². The second-order valence-corrected chi connectivity index (χ2v) is 10.6. The van der Waals surface area contributed by atoms with E-state index in [-0.39, 0.29) is 0 Å². The molecule has 0 aliphatic carbocycles. The number of aromatic nitrogens is 2. The van der Waals surface area contributed by atoms with Gasteiger partial charge < -0.3 is 4.57 Å². The van der Waals surface area contributed by atoms with Crippen LogP contribution in [-0.4, -0.2) is 15.4 Å². The van der Waals surface area contributed by atoms with Crippen LogP contribution in [0.2, 0.25) is 0 Å². The normalized spacial score (nSPS) is 19.5. The Kier molecular flexibility index (Phi) is 2.60. The number of hydrogen-bond donors (Lipinski definition) is 0.